The number of piperazine rings is 1. The molecule has 1 aliphatic rings. The Labute approximate surface area is 82.7 Å². The van der Waals surface area contributed by atoms with E-state index in [9.17, 15) is 0 Å². The average Bonchev–Trinajstić information content (AvgIpc) is 2.03. The van der Waals surface area contributed by atoms with Crippen molar-refractivity contribution in [3.8, 4) is 0 Å². The third kappa shape index (κ3) is 3.28. The quantitative estimate of drug-likeness (QED) is 0.716. The molecule has 0 saturated carbocycles. The SMILES string of the molecule is CC(C)CN1CCNC[C@H]1C(C)C. The second kappa shape index (κ2) is 4.97. The molecule has 0 aromatic carbocycles. The summed E-state index contributed by atoms with van der Waals surface area (Å²) in [6.07, 6.45) is 0. The standard InChI is InChI=1S/C11H24N2/c1-9(2)8-13-6-5-12-7-11(13)10(3)4/h9-12H,5-8H2,1-4H3/t11-/m0/s1. The molecule has 78 valence electrons. The van der Waals surface area contributed by atoms with E-state index >= 15 is 0 Å². The predicted octanol–water partition coefficient (Wildman–Crippen LogP) is 1.57. The lowest BCUT2D eigenvalue weighted by Gasteiger charge is -2.39. The Morgan fingerprint density at radius 2 is 2.00 bits per heavy atom. The Balaban J connectivity index is 2.46. The Hall–Kier alpha value is -0.0800. The van der Waals surface area contributed by atoms with Crippen LogP contribution in [0.3, 0.4) is 0 Å². The van der Waals surface area contributed by atoms with Gasteiger partial charge in [0.05, 0.1) is 0 Å². The molecule has 0 aromatic rings. The molecule has 13 heavy (non-hydrogen) atoms. The van der Waals surface area contributed by atoms with E-state index in [1.165, 1.54) is 19.6 Å². The molecule has 1 atom stereocenters. The zero-order valence-electron chi connectivity index (χ0n) is 9.51. The van der Waals surface area contributed by atoms with E-state index < -0.39 is 0 Å². The number of hydrogen-bond acceptors (Lipinski definition) is 2. The van der Waals surface area contributed by atoms with Crippen LogP contribution in [-0.4, -0.2) is 37.1 Å². The molecule has 0 spiro atoms. The van der Waals surface area contributed by atoms with Crippen molar-refractivity contribution in [2.24, 2.45) is 11.8 Å². The monoisotopic (exact) mass is 184 g/mol. The minimum absolute atomic E-state index is 0.746. The third-order valence-electron chi connectivity index (χ3n) is 2.77. The van der Waals surface area contributed by atoms with Crippen LogP contribution in [-0.2, 0) is 0 Å². The Morgan fingerprint density at radius 1 is 1.31 bits per heavy atom. The molecule has 2 heteroatoms. The van der Waals surface area contributed by atoms with Crippen LogP contribution in [0.5, 0.6) is 0 Å². The summed E-state index contributed by atoms with van der Waals surface area (Å²) in [6.45, 7) is 14.1. The second-order valence-corrected chi connectivity index (χ2v) is 4.90. The molecule has 0 aliphatic carbocycles. The van der Waals surface area contributed by atoms with Crippen molar-refractivity contribution in [2.45, 2.75) is 33.7 Å². The van der Waals surface area contributed by atoms with Gasteiger partial charge in [-0.05, 0) is 11.8 Å². The van der Waals surface area contributed by atoms with Crippen molar-refractivity contribution >= 4 is 0 Å². The summed E-state index contributed by atoms with van der Waals surface area (Å²) in [5.74, 6) is 1.56. The van der Waals surface area contributed by atoms with Gasteiger partial charge < -0.3 is 5.32 Å². The van der Waals surface area contributed by atoms with Gasteiger partial charge in [0.15, 0.2) is 0 Å². The Bertz CT molecular complexity index is 143. The fourth-order valence-electron chi connectivity index (χ4n) is 2.12. The highest BCUT2D eigenvalue weighted by atomic mass is 15.2. The summed E-state index contributed by atoms with van der Waals surface area (Å²) in [5, 5.41) is 3.48. The predicted molar refractivity (Wildman–Crippen MR) is 57.9 cm³/mol. The number of nitrogens with one attached hydrogen (secondary N) is 1. The first kappa shape index (κ1) is 11.0. The van der Waals surface area contributed by atoms with Gasteiger partial charge in [-0.2, -0.15) is 0 Å². The summed E-state index contributed by atoms with van der Waals surface area (Å²) < 4.78 is 0. The molecule has 1 N–H and O–H groups in total. The van der Waals surface area contributed by atoms with Gasteiger partial charge in [0.25, 0.3) is 0 Å². The highest BCUT2D eigenvalue weighted by Crippen LogP contribution is 2.14. The fourth-order valence-corrected chi connectivity index (χ4v) is 2.12. The van der Waals surface area contributed by atoms with E-state index in [-0.39, 0.29) is 0 Å². The summed E-state index contributed by atoms with van der Waals surface area (Å²) in [4.78, 5) is 2.64. The van der Waals surface area contributed by atoms with E-state index in [4.69, 9.17) is 0 Å². The molecule has 1 aliphatic heterocycles. The highest BCUT2D eigenvalue weighted by Gasteiger charge is 2.24. The smallest absolute Gasteiger partial charge is 0.0244 e. The van der Waals surface area contributed by atoms with Gasteiger partial charge in [0.1, 0.15) is 0 Å². The van der Waals surface area contributed by atoms with Crippen LogP contribution in [0.15, 0.2) is 0 Å². The van der Waals surface area contributed by atoms with Crippen molar-refractivity contribution < 1.29 is 0 Å². The van der Waals surface area contributed by atoms with Gasteiger partial charge in [-0.1, -0.05) is 27.7 Å². The fraction of sp³-hybridized carbons (Fsp3) is 1.00. The van der Waals surface area contributed by atoms with Gasteiger partial charge in [-0.15, -0.1) is 0 Å². The summed E-state index contributed by atoms with van der Waals surface area (Å²) >= 11 is 0. The zero-order valence-corrected chi connectivity index (χ0v) is 9.51. The largest absolute Gasteiger partial charge is 0.314 e. The Kier molecular flexibility index (Phi) is 4.20. The molecule has 1 fully saturated rings. The van der Waals surface area contributed by atoms with Gasteiger partial charge in [0, 0.05) is 32.2 Å². The van der Waals surface area contributed by atoms with Crippen LogP contribution in [0, 0.1) is 11.8 Å². The van der Waals surface area contributed by atoms with Gasteiger partial charge in [-0.25, -0.2) is 0 Å². The first-order valence-electron chi connectivity index (χ1n) is 5.56. The molecular weight excluding hydrogens is 160 g/mol. The van der Waals surface area contributed by atoms with Crippen molar-refractivity contribution in [2.75, 3.05) is 26.2 Å². The van der Waals surface area contributed by atoms with Crippen LogP contribution >= 0.6 is 0 Å². The third-order valence-corrected chi connectivity index (χ3v) is 2.77. The topological polar surface area (TPSA) is 15.3 Å². The number of hydrogen-bond donors (Lipinski definition) is 1. The normalized spacial score (nSPS) is 25.8. The zero-order chi connectivity index (χ0) is 9.84. The van der Waals surface area contributed by atoms with Gasteiger partial charge in [0.2, 0.25) is 0 Å². The molecule has 0 radical (unpaired) electrons. The van der Waals surface area contributed by atoms with Crippen LogP contribution in [0.4, 0.5) is 0 Å². The molecule has 1 saturated heterocycles. The summed E-state index contributed by atoms with van der Waals surface area (Å²) in [5.41, 5.74) is 0. The maximum atomic E-state index is 3.48. The number of rotatable bonds is 3. The minimum Gasteiger partial charge on any atom is -0.314 e. The lowest BCUT2D eigenvalue weighted by atomic mass is 9.99. The second-order valence-electron chi connectivity index (χ2n) is 4.90. The molecule has 0 bridgehead atoms. The molecule has 1 heterocycles. The lowest BCUT2D eigenvalue weighted by molar-refractivity contribution is 0.111. The number of nitrogens with zero attached hydrogens (tertiary/aromatic N) is 1. The van der Waals surface area contributed by atoms with E-state index in [0.717, 1.165) is 24.4 Å². The summed E-state index contributed by atoms with van der Waals surface area (Å²) in [7, 11) is 0. The van der Waals surface area contributed by atoms with E-state index in [0.29, 0.717) is 0 Å². The van der Waals surface area contributed by atoms with Gasteiger partial charge in [-0.3, -0.25) is 4.90 Å². The van der Waals surface area contributed by atoms with Crippen LogP contribution < -0.4 is 5.32 Å². The minimum atomic E-state index is 0.746. The molecule has 0 amide bonds. The van der Waals surface area contributed by atoms with Crippen molar-refractivity contribution in [1.82, 2.24) is 10.2 Å². The first-order valence-corrected chi connectivity index (χ1v) is 5.56. The maximum Gasteiger partial charge on any atom is 0.0244 e. The van der Waals surface area contributed by atoms with Crippen LogP contribution in [0.25, 0.3) is 0 Å². The van der Waals surface area contributed by atoms with Crippen molar-refractivity contribution in [3.05, 3.63) is 0 Å². The van der Waals surface area contributed by atoms with Crippen LogP contribution in [0.1, 0.15) is 27.7 Å². The molecule has 1 rings (SSSR count). The summed E-state index contributed by atoms with van der Waals surface area (Å²) in [6, 6.07) is 0.746. The van der Waals surface area contributed by atoms with Crippen molar-refractivity contribution in [3.63, 3.8) is 0 Å². The highest BCUT2D eigenvalue weighted by molar-refractivity contribution is 4.82. The molecule has 0 unspecified atom stereocenters. The van der Waals surface area contributed by atoms with E-state index in [2.05, 4.69) is 37.9 Å². The van der Waals surface area contributed by atoms with Gasteiger partial charge >= 0.3 is 0 Å². The van der Waals surface area contributed by atoms with E-state index in [1.807, 2.05) is 0 Å². The van der Waals surface area contributed by atoms with Crippen molar-refractivity contribution in [1.29, 1.82) is 0 Å². The molecular formula is C11H24N2. The molecule has 0 aromatic heterocycles. The molecule has 2 nitrogen and oxygen atoms in total. The lowest BCUT2D eigenvalue weighted by Crippen LogP contribution is -2.54. The van der Waals surface area contributed by atoms with E-state index in [1.54, 1.807) is 0 Å². The Morgan fingerprint density at radius 3 is 2.54 bits per heavy atom. The maximum absolute atomic E-state index is 3.48. The first-order chi connectivity index (χ1) is 6.11. The average molecular weight is 184 g/mol. The van der Waals surface area contributed by atoms with Crippen LogP contribution in [0.2, 0.25) is 0 Å².